The summed E-state index contributed by atoms with van der Waals surface area (Å²) in [4.78, 5) is 61.5. The smallest absolute Gasteiger partial charge is 0.412 e. The maximum atomic E-state index is 14.8. The van der Waals surface area contributed by atoms with Crippen LogP contribution in [0.15, 0.2) is 24.4 Å². The van der Waals surface area contributed by atoms with Gasteiger partial charge in [0.2, 0.25) is 0 Å². The van der Waals surface area contributed by atoms with Crippen LogP contribution in [-0.2, 0) is 17.6 Å². The van der Waals surface area contributed by atoms with Crippen LogP contribution in [0, 0.1) is 11.6 Å². The minimum atomic E-state index is -1.08. The fourth-order valence-electron chi connectivity index (χ4n) is 6.08. The predicted octanol–water partition coefficient (Wildman–Crippen LogP) is 6.26. The van der Waals surface area contributed by atoms with E-state index in [-0.39, 0.29) is 33.9 Å². The molecule has 2 aromatic heterocycles. The van der Waals surface area contributed by atoms with Crippen LogP contribution >= 0.6 is 11.3 Å². The number of halogens is 2. The van der Waals surface area contributed by atoms with Gasteiger partial charge >= 0.3 is 12.2 Å². The van der Waals surface area contributed by atoms with E-state index in [0.717, 1.165) is 25.1 Å². The van der Waals surface area contributed by atoms with Crippen molar-refractivity contribution in [3.8, 4) is 10.6 Å². The highest BCUT2D eigenvalue weighted by atomic mass is 32.1. The number of ketones is 1. The Balaban J connectivity index is 1.50. The van der Waals surface area contributed by atoms with Gasteiger partial charge in [0.05, 0.1) is 17.4 Å². The summed E-state index contributed by atoms with van der Waals surface area (Å²) >= 11 is 0.713. The predicted molar refractivity (Wildman–Crippen MR) is 176 cm³/mol. The number of fused-ring (bicyclic) bond motifs is 1. The van der Waals surface area contributed by atoms with Crippen molar-refractivity contribution in [3.05, 3.63) is 58.5 Å². The van der Waals surface area contributed by atoms with Crippen LogP contribution in [0.2, 0.25) is 0 Å². The number of amides is 3. The van der Waals surface area contributed by atoms with Crippen molar-refractivity contribution in [2.24, 2.45) is 0 Å². The quantitative estimate of drug-likeness (QED) is 0.214. The molecule has 1 aliphatic carbocycles. The number of carboxylic acid groups (broad SMARTS) is 1. The molecule has 0 unspecified atom stereocenters. The number of hydrogen-bond donors (Lipinski definition) is 4. The second kappa shape index (κ2) is 13.5. The van der Waals surface area contributed by atoms with Crippen LogP contribution in [-0.4, -0.2) is 74.1 Å². The summed E-state index contributed by atoms with van der Waals surface area (Å²) in [5, 5.41) is 16.9. The third-order valence-corrected chi connectivity index (χ3v) is 9.25. The van der Waals surface area contributed by atoms with Gasteiger partial charge in [0.15, 0.2) is 11.5 Å². The van der Waals surface area contributed by atoms with Gasteiger partial charge in [-0.25, -0.2) is 23.4 Å². The number of anilines is 2. The molecule has 3 aromatic rings. The summed E-state index contributed by atoms with van der Waals surface area (Å²) in [7, 11) is 0. The number of carbonyl (C=O) groups is 4. The van der Waals surface area contributed by atoms with Crippen molar-refractivity contribution < 1.29 is 37.8 Å². The lowest BCUT2D eigenvalue weighted by Gasteiger charge is -2.44. The molecule has 3 heterocycles. The van der Waals surface area contributed by atoms with Gasteiger partial charge in [-0.2, -0.15) is 0 Å². The van der Waals surface area contributed by atoms with Crippen molar-refractivity contribution in [3.63, 3.8) is 0 Å². The molecule has 12 nitrogen and oxygen atoms in total. The average Bonchev–Trinajstić information content (AvgIpc) is 3.56. The number of piperidine rings is 1. The van der Waals surface area contributed by atoms with Gasteiger partial charge in [0.25, 0.3) is 5.91 Å². The number of benzene rings is 1. The van der Waals surface area contributed by atoms with Gasteiger partial charge in [-0.15, -0.1) is 0 Å². The first-order valence-corrected chi connectivity index (χ1v) is 16.4. The highest BCUT2D eigenvalue weighted by Gasteiger charge is 2.36. The number of likely N-dealkylation sites (tertiary alicyclic amines) is 1. The lowest BCUT2D eigenvalue weighted by atomic mass is 9.87. The highest BCUT2D eigenvalue weighted by Crippen LogP contribution is 2.38. The molecule has 0 saturated carbocycles. The molecule has 15 heteroatoms. The van der Waals surface area contributed by atoms with Gasteiger partial charge in [-0.1, -0.05) is 17.4 Å². The summed E-state index contributed by atoms with van der Waals surface area (Å²) in [6, 6.07) is 3.09. The number of carbonyl (C=O) groups excluding carboxylic acids is 3. The van der Waals surface area contributed by atoms with Crippen LogP contribution in [0.3, 0.4) is 0 Å². The topological polar surface area (TPSA) is 163 Å². The summed E-state index contributed by atoms with van der Waals surface area (Å²) in [5.41, 5.74) is -0.106. The monoisotopic (exact) mass is 684 g/mol. The molecule has 0 bridgehead atoms. The molecule has 1 aromatic carbocycles. The maximum absolute atomic E-state index is 14.8. The summed E-state index contributed by atoms with van der Waals surface area (Å²) in [6.07, 6.45) is 2.01. The molecule has 4 N–H and O–H groups in total. The Hall–Kier alpha value is -4.50. The van der Waals surface area contributed by atoms with E-state index in [1.54, 1.807) is 20.8 Å². The Morgan fingerprint density at radius 3 is 2.48 bits per heavy atom. The van der Waals surface area contributed by atoms with Crippen molar-refractivity contribution in [2.45, 2.75) is 83.9 Å². The first-order chi connectivity index (χ1) is 22.5. The Labute approximate surface area is 280 Å². The van der Waals surface area contributed by atoms with Crippen LogP contribution in [0.5, 0.6) is 0 Å². The van der Waals surface area contributed by atoms with Crippen LogP contribution in [0.1, 0.15) is 86.0 Å². The molecular formula is C33H38F2N6O6S. The Morgan fingerprint density at radius 1 is 1.10 bits per heavy atom. The second-order valence-electron chi connectivity index (χ2n) is 13.5. The molecule has 1 aliphatic heterocycles. The SMILES string of the molecule is CC(C)(C)OC(=O)Nc1sc(-c2c(F)cccc2F)nc1C(=O)Nc1cnc2c(c1CC(C)(C)N1CCC[C@H](NC(=O)O)C1)CCC2=O. The molecule has 0 spiro atoms. The van der Waals surface area contributed by atoms with E-state index in [4.69, 9.17) is 4.74 Å². The largest absolute Gasteiger partial charge is 0.465 e. The zero-order valence-corrected chi connectivity index (χ0v) is 28.1. The lowest BCUT2D eigenvalue weighted by Crippen LogP contribution is -2.55. The third-order valence-electron chi connectivity index (χ3n) is 8.26. The van der Waals surface area contributed by atoms with Crippen LogP contribution in [0.25, 0.3) is 10.6 Å². The van der Waals surface area contributed by atoms with Gasteiger partial charge < -0.3 is 20.5 Å². The van der Waals surface area contributed by atoms with Gasteiger partial charge in [-0.3, -0.25) is 24.8 Å². The number of hydrogen-bond acceptors (Lipinski definition) is 9. The normalized spacial score (nSPS) is 16.7. The Morgan fingerprint density at radius 2 is 1.81 bits per heavy atom. The highest BCUT2D eigenvalue weighted by molar-refractivity contribution is 7.19. The fraction of sp³-hybridized carbons (Fsp3) is 0.455. The number of Topliss-reactive ketones (excluding diaryl/α,β-unsaturated/α-hetero) is 1. The number of thiazole rings is 1. The lowest BCUT2D eigenvalue weighted by molar-refractivity contribution is 0.0636. The van der Waals surface area contributed by atoms with E-state index < -0.39 is 46.4 Å². The number of aromatic nitrogens is 2. The van der Waals surface area contributed by atoms with Crippen LogP contribution in [0.4, 0.5) is 29.1 Å². The molecule has 5 rings (SSSR count). The molecule has 48 heavy (non-hydrogen) atoms. The molecule has 256 valence electrons. The molecule has 1 saturated heterocycles. The zero-order valence-electron chi connectivity index (χ0n) is 27.3. The van der Waals surface area contributed by atoms with Gasteiger partial charge in [0.1, 0.15) is 32.9 Å². The maximum Gasteiger partial charge on any atom is 0.412 e. The molecule has 3 amide bonds. The number of rotatable bonds is 8. The molecular weight excluding hydrogens is 646 g/mol. The summed E-state index contributed by atoms with van der Waals surface area (Å²) in [6.45, 7) is 10.2. The second-order valence-corrected chi connectivity index (χ2v) is 14.5. The number of pyridine rings is 1. The molecule has 1 fully saturated rings. The Kier molecular flexibility index (Phi) is 9.83. The first-order valence-electron chi connectivity index (χ1n) is 15.6. The van der Waals surface area contributed by atoms with E-state index in [1.807, 2.05) is 13.8 Å². The minimum Gasteiger partial charge on any atom is -0.465 e. The standard InChI is InChI=1S/C33H38F2N6O6S/c1-32(2,3)47-31(46)40-29-26(39-28(48-29)24-20(34)9-6-10-21(24)35)27(43)38-22-15-36-25-18(11-12-23(25)42)19(22)14-33(4,5)41-13-7-8-17(16-41)37-30(44)45/h6,9-10,15,17,37H,7-8,11-14,16H2,1-5H3,(H,38,43)(H,40,46)(H,44,45)/t17-/m0/s1. The summed E-state index contributed by atoms with van der Waals surface area (Å²) < 4.78 is 34.9. The van der Waals surface area contributed by atoms with Crippen molar-refractivity contribution >= 4 is 45.9 Å². The van der Waals surface area contributed by atoms with E-state index in [9.17, 15) is 33.1 Å². The number of ether oxygens (including phenoxy) is 1. The van der Waals surface area contributed by atoms with E-state index in [2.05, 4.69) is 30.8 Å². The van der Waals surface area contributed by atoms with Crippen molar-refractivity contribution in [1.29, 1.82) is 0 Å². The molecule has 2 aliphatic rings. The van der Waals surface area contributed by atoms with E-state index in [0.29, 0.717) is 59.7 Å². The zero-order chi connectivity index (χ0) is 35.0. The van der Waals surface area contributed by atoms with Gasteiger partial charge in [0, 0.05) is 24.5 Å². The Bertz CT molecular complexity index is 1750. The molecule has 1 atom stereocenters. The summed E-state index contributed by atoms with van der Waals surface area (Å²) in [5.74, 6) is -2.68. The molecule has 0 radical (unpaired) electrons. The van der Waals surface area contributed by atoms with Crippen molar-refractivity contribution in [1.82, 2.24) is 20.2 Å². The fourth-order valence-corrected chi connectivity index (χ4v) is 7.07. The van der Waals surface area contributed by atoms with E-state index in [1.165, 1.54) is 12.3 Å². The van der Waals surface area contributed by atoms with Crippen LogP contribution < -0.4 is 16.0 Å². The average molecular weight is 685 g/mol. The van der Waals surface area contributed by atoms with E-state index >= 15 is 0 Å². The number of nitrogens with zero attached hydrogens (tertiary/aromatic N) is 3. The number of nitrogens with one attached hydrogen (secondary N) is 3. The first kappa shape index (κ1) is 34.8. The minimum absolute atomic E-state index is 0.0872. The van der Waals surface area contributed by atoms with Gasteiger partial charge in [-0.05, 0) is 90.1 Å². The van der Waals surface area contributed by atoms with Crippen molar-refractivity contribution in [2.75, 3.05) is 23.7 Å². The third kappa shape index (κ3) is 7.79.